The first-order valence-corrected chi connectivity index (χ1v) is 5.03. The van der Waals surface area contributed by atoms with Crippen molar-refractivity contribution in [3.63, 3.8) is 0 Å². The molecular weight excluding hydrogens is 174 g/mol. The zero-order valence-corrected chi connectivity index (χ0v) is 8.60. The quantitative estimate of drug-likeness (QED) is 0.700. The van der Waals surface area contributed by atoms with Crippen molar-refractivity contribution in [1.82, 2.24) is 0 Å². The second kappa shape index (κ2) is 3.82. The van der Waals surface area contributed by atoms with Gasteiger partial charge in [0.1, 0.15) is 6.61 Å². The van der Waals surface area contributed by atoms with Crippen LogP contribution in [0.5, 0.6) is 0 Å². The van der Waals surface area contributed by atoms with Gasteiger partial charge in [-0.3, -0.25) is 0 Å². The Bertz CT molecular complexity index is 329. The topological polar surface area (TPSA) is 21.6 Å². The lowest BCUT2D eigenvalue weighted by Gasteiger charge is -2.06. The Balaban J connectivity index is 2.18. The largest absolute Gasteiger partial charge is 0.475 e. The normalized spacial score (nSPS) is 20.8. The Hall–Kier alpha value is -1.31. The molecule has 0 amide bonds. The molecule has 2 nitrogen and oxygen atoms in total. The van der Waals surface area contributed by atoms with E-state index in [2.05, 4.69) is 18.8 Å². The van der Waals surface area contributed by atoms with Gasteiger partial charge in [0.2, 0.25) is 5.90 Å². The van der Waals surface area contributed by atoms with E-state index in [1.807, 2.05) is 30.3 Å². The Labute approximate surface area is 84.6 Å². The van der Waals surface area contributed by atoms with Crippen molar-refractivity contribution >= 4 is 5.90 Å². The van der Waals surface area contributed by atoms with Gasteiger partial charge in [-0.2, -0.15) is 0 Å². The molecule has 1 atom stereocenters. The van der Waals surface area contributed by atoms with Crippen molar-refractivity contribution in [3.05, 3.63) is 35.9 Å². The highest BCUT2D eigenvalue weighted by Crippen LogP contribution is 2.17. The van der Waals surface area contributed by atoms with Crippen LogP contribution in [0.4, 0.5) is 0 Å². The van der Waals surface area contributed by atoms with Crippen LogP contribution in [0.3, 0.4) is 0 Å². The molecule has 0 radical (unpaired) electrons. The molecule has 2 heteroatoms. The molecule has 0 N–H and O–H groups in total. The summed E-state index contributed by atoms with van der Waals surface area (Å²) in [4.78, 5) is 4.55. The van der Waals surface area contributed by atoms with Gasteiger partial charge in [0.05, 0.1) is 6.04 Å². The maximum atomic E-state index is 5.56. The summed E-state index contributed by atoms with van der Waals surface area (Å²) in [6.07, 6.45) is 0. The summed E-state index contributed by atoms with van der Waals surface area (Å²) in [7, 11) is 0. The maximum Gasteiger partial charge on any atom is 0.216 e. The summed E-state index contributed by atoms with van der Waals surface area (Å²) in [5.41, 5.74) is 1.08. The standard InChI is InChI=1S/C12H15NO/c1-9(2)11-8-14-12(13-11)10-6-4-3-5-7-10/h3-7,9,11H,8H2,1-2H3/t11-/m0/s1. The van der Waals surface area contributed by atoms with Crippen molar-refractivity contribution in [2.75, 3.05) is 6.61 Å². The van der Waals surface area contributed by atoms with E-state index in [1.54, 1.807) is 0 Å². The van der Waals surface area contributed by atoms with Gasteiger partial charge in [0.25, 0.3) is 0 Å². The van der Waals surface area contributed by atoms with E-state index in [9.17, 15) is 0 Å². The lowest BCUT2D eigenvalue weighted by Crippen LogP contribution is -2.13. The fourth-order valence-electron chi connectivity index (χ4n) is 1.47. The molecule has 74 valence electrons. The minimum absolute atomic E-state index is 0.324. The molecule has 0 aliphatic carbocycles. The van der Waals surface area contributed by atoms with E-state index in [0.29, 0.717) is 12.0 Å². The zero-order valence-electron chi connectivity index (χ0n) is 8.60. The van der Waals surface area contributed by atoms with Gasteiger partial charge < -0.3 is 4.74 Å². The third-order valence-corrected chi connectivity index (χ3v) is 2.46. The first kappa shape index (κ1) is 9.25. The zero-order chi connectivity index (χ0) is 9.97. The third-order valence-electron chi connectivity index (χ3n) is 2.46. The van der Waals surface area contributed by atoms with Crippen molar-refractivity contribution in [2.45, 2.75) is 19.9 Å². The summed E-state index contributed by atoms with van der Waals surface area (Å²) < 4.78 is 5.56. The van der Waals surface area contributed by atoms with E-state index < -0.39 is 0 Å². The summed E-state index contributed by atoms with van der Waals surface area (Å²) in [6.45, 7) is 5.07. The molecule has 1 aliphatic heterocycles. The summed E-state index contributed by atoms with van der Waals surface area (Å²) in [5, 5.41) is 0. The average molecular weight is 189 g/mol. The summed E-state index contributed by atoms with van der Waals surface area (Å²) in [6, 6.07) is 10.4. The van der Waals surface area contributed by atoms with Crippen LogP contribution >= 0.6 is 0 Å². The molecule has 1 aliphatic rings. The predicted molar refractivity (Wildman–Crippen MR) is 57.6 cm³/mol. The minimum Gasteiger partial charge on any atom is -0.475 e. The van der Waals surface area contributed by atoms with Crippen LogP contribution in [-0.4, -0.2) is 18.5 Å². The second-order valence-corrected chi connectivity index (χ2v) is 3.92. The van der Waals surface area contributed by atoms with E-state index in [4.69, 9.17) is 4.74 Å². The van der Waals surface area contributed by atoms with Crippen molar-refractivity contribution < 1.29 is 4.74 Å². The Kier molecular flexibility index (Phi) is 2.53. The number of benzene rings is 1. The number of aliphatic imine (C=N–C) groups is 1. The van der Waals surface area contributed by atoms with Gasteiger partial charge >= 0.3 is 0 Å². The maximum absolute atomic E-state index is 5.56. The van der Waals surface area contributed by atoms with Gasteiger partial charge in [-0.1, -0.05) is 32.0 Å². The number of hydrogen-bond donors (Lipinski definition) is 0. The van der Waals surface area contributed by atoms with Crippen LogP contribution in [0.25, 0.3) is 0 Å². The van der Waals surface area contributed by atoms with E-state index in [0.717, 1.165) is 18.1 Å². The van der Waals surface area contributed by atoms with Crippen LogP contribution in [0.1, 0.15) is 19.4 Å². The van der Waals surface area contributed by atoms with Crippen molar-refractivity contribution in [3.8, 4) is 0 Å². The molecule has 0 fully saturated rings. The molecule has 0 bridgehead atoms. The molecule has 0 unspecified atom stereocenters. The van der Waals surface area contributed by atoms with Gasteiger partial charge in [-0.15, -0.1) is 0 Å². The Morgan fingerprint density at radius 1 is 1.29 bits per heavy atom. The molecule has 14 heavy (non-hydrogen) atoms. The Morgan fingerprint density at radius 3 is 2.57 bits per heavy atom. The van der Waals surface area contributed by atoms with E-state index in [1.165, 1.54) is 0 Å². The molecule has 0 spiro atoms. The molecule has 1 aromatic rings. The van der Waals surface area contributed by atoms with Gasteiger partial charge in [0.15, 0.2) is 0 Å². The molecule has 1 aromatic carbocycles. The fourth-order valence-corrected chi connectivity index (χ4v) is 1.47. The molecule has 1 heterocycles. The Morgan fingerprint density at radius 2 is 2.00 bits per heavy atom. The monoisotopic (exact) mass is 189 g/mol. The van der Waals surface area contributed by atoms with Crippen LogP contribution in [0, 0.1) is 5.92 Å². The number of hydrogen-bond acceptors (Lipinski definition) is 2. The highest BCUT2D eigenvalue weighted by molar-refractivity contribution is 5.95. The SMILES string of the molecule is CC(C)[C@@H]1COC(c2ccccc2)=N1. The number of ether oxygens (including phenoxy) is 1. The van der Waals surface area contributed by atoms with Crippen molar-refractivity contribution in [2.24, 2.45) is 10.9 Å². The van der Waals surface area contributed by atoms with E-state index >= 15 is 0 Å². The molecular formula is C12H15NO. The smallest absolute Gasteiger partial charge is 0.216 e. The van der Waals surface area contributed by atoms with Crippen LogP contribution in [0.15, 0.2) is 35.3 Å². The average Bonchev–Trinajstić information content (AvgIpc) is 2.68. The first-order chi connectivity index (χ1) is 6.77. The van der Waals surface area contributed by atoms with Gasteiger partial charge in [-0.05, 0) is 18.1 Å². The van der Waals surface area contributed by atoms with Crippen LogP contribution in [0.2, 0.25) is 0 Å². The minimum atomic E-state index is 0.324. The lowest BCUT2D eigenvalue weighted by atomic mass is 10.1. The van der Waals surface area contributed by atoms with Crippen LogP contribution < -0.4 is 0 Å². The van der Waals surface area contributed by atoms with Gasteiger partial charge in [0, 0.05) is 5.56 Å². The van der Waals surface area contributed by atoms with Crippen LogP contribution in [-0.2, 0) is 4.74 Å². The summed E-state index contributed by atoms with van der Waals surface area (Å²) >= 11 is 0. The third kappa shape index (κ3) is 1.79. The molecule has 0 aromatic heterocycles. The molecule has 0 saturated heterocycles. The van der Waals surface area contributed by atoms with Gasteiger partial charge in [-0.25, -0.2) is 4.99 Å². The van der Waals surface area contributed by atoms with Crippen molar-refractivity contribution in [1.29, 1.82) is 0 Å². The molecule has 0 saturated carbocycles. The fraction of sp³-hybridized carbons (Fsp3) is 0.417. The lowest BCUT2D eigenvalue weighted by molar-refractivity contribution is 0.292. The second-order valence-electron chi connectivity index (χ2n) is 3.92. The van der Waals surface area contributed by atoms with E-state index in [-0.39, 0.29) is 0 Å². The highest BCUT2D eigenvalue weighted by atomic mass is 16.5. The predicted octanol–water partition coefficient (Wildman–Crippen LogP) is 2.49. The number of rotatable bonds is 2. The number of nitrogens with zero attached hydrogens (tertiary/aromatic N) is 1. The molecule has 2 rings (SSSR count). The first-order valence-electron chi connectivity index (χ1n) is 5.03. The summed E-state index contributed by atoms with van der Waals surface area (Å²) in [5.74, 6) is 1.35. The highest BCUT2D eigenvalue weighted by Gasteiger charge is 2.22.